The van der Waals surface area contributed by atoms with Crippen molar-refractivity contribution in [2.45, 2.75) is 19.1 Å². The van der Waals surface area contributed by atoms with Crippen LogP contribution in [0.1, 0.15) is 12.0 Å². The standard InChI is InChI=1S/C12H16ClNO3S/c1-14-7-9-6-10(13)2-3-12(9)17-11-4-5-18(15,16)8-11/h2-3,6,11,14H,4-5,7-8H2,1H3. The van der Waals surface area contributed by atoms with Crippen LogP contribution in [-0.4, -0.2) is 33.1 Å². The Kier molecular flexibility index (Phi) is 4.14. The molecule has 1 aromatic rings. The molecular weight excluding hydrogens is 274 g/mol. The molecule has 1 aliphatic heterocycles. The molecule has 6 heteroatoms. The van der Waals surface area contributed by atoms with E-state index in [2.05, 4.69) is 5.32 Å². The van der Waals surface area contributed by atoms with Crippen LogP contribution < -0.4 is 10.1 Å². The summed E-state index contributed by atoms with van der Waals surface area (Å²) < 4.78 is 28.5. The van der Waals surface area contributed by atoms with Gasteiger partial charge in [-0.25, -0.2) is 8.42 Å². The number of halogens is 1. The van der Waals surface area contributed by atoms with E-state index in [0.717, 1.165) is 5.56 Å². The third-order valence-electron chi connectivity index (χ3n) is 2.87. The van der Waals surface area contributed by atoms with Crippen molar-refractivity contribution < 1.29 is 13.2 Å². The summed E-state index contributed by atoms with van der Waals surface area (Å²) in [5.41, 5.74) is 0.939. The van der Waals surface area contributed by atoms with E-state index in [1.165, 1.54) is 0 Å². The maximum Gasteiger partial charge on any atom is 0.154 e. The van der Waals surface area contributed by atoms with Crippen molar-refractivity contribution in [2.75, 3.05) is 18.6 Å². The average Bonchev–Trinajstić information content (AvgIpc) is 2.62. The summed E-state index contributed by atoms with van der Waals surface area (Å²) >= 11 is 5.94. The molecule has 1 aliphatic rings. The fraction of sp³-hybridized carbons (Fsp3) is 0.500. The first-order valence-electron chi connectivity index (χ1n) is 5.80. The van der Waals surface area contributed by atoms with Gasteiger partial charge in [0.1, 0.15) is 11.9 Å². The first kappa shape index (κ1) is 13.6. The molecule has 1 atom stereocenters. The molecule has 1 aromatic carbocycles. The van der Waals surface area contributed by atoms with Crippen LogP contribution in [0.2, 0.25) is 5.02 Å². The van der Waals surface area contributed by atoms with E-state index in [1.807, 2.05) is 13.1 Å². The molecule has 1 heterocycles. The Bertz CT molecular complexity index is 530. The highest BCUT2D eigenvalue weighted by Crippen LogP contribution is 2.26. The number of rotatable bonds is 4. The summed E-state index contributed by atoms with van der Waals surface area (Å²) in [4.78, 5) is 0. The van der Waals surface area contributed by atoms with Crippen LogP contribution in [0.5, 0.6) is 5.75 Å². The van der Waals surface area contributed by atoms with Crippen molar-refractivity contribution in [1.82, 2.24) is 5.32 Å². The van der Waals surface area contributed by atoms with Crippen LogP contribution in [0.3, 0.4) is 0 Å². The highest BCUT2D eigenvalue weighted by Gasteiger charge is 2.29. The topological polar surface area (TPSA) is 55.4 Å². The van der Waals surface area contributed by atoms with E-state index in [-0.39, 0.29) is 17.6 Å². The Balaban J connectivity index is 2.14. The Morgan fingerprint density at radius 1 is 1.50 bits per heavy atom. The first-order chi connectivity index (χ1) is 8.50. The van der Waals surface area contributed by atoms with E-state index < -0.39 is 9.84 Å². The van der Waals surface area contributed by atoms with Gasteiger partial charge in [-0.2, -0.15) is 0 Å². The van der Waals surface area contributed by atoms with E-state index in [0.29, 0.717) is 23.7 Å². The van der Waals surface area contributed by atoms with Crippen molar-refractivity contribution in [2.24, 2.45) is 0 Å². The van der Waals surface area contributed by atoms with Crippen LogP contribution in [0, 0.1) is 0 Å². The number of hydrogen-bond acceptors (Lipinski definition) is 4. The van der Waals surface area contributed by atoms with Crippen molar-refractivity contribution in [1.29, 1.82) is 0 Å². The lowest BCUT2D eigenvalue weighted by Crippen LogP contribution is -2.19. The molecule has 100 valence electrons. The molecule has 1 N–H and O–H groups in total. The molecule has 0 saturated carbocycles. The van der Waals surface area contributed by atoms with E-state index >= 15 is 0 Å². The SMILES string of the molecule is CNCc1cc(Cl)ccc1OC1CCS(=O)(=O)C1. The molecule has 1 fully saturated rings. The molecule has 0 bridgehead atoms. The van der Waals surface area contributed by atoms with Crippen LogP contribution in [0.25, 0.3) is 0 Å². The molecule has 1 unspecified atom stereocenters. The molecule has 0 radical (unpaired) electrons. The van der Waals surface area contributed by atoms with Gasteiger partial charge in [0.25, 0.3) is 0 Å². The summed E-state index contributed by atoms with van der Waals surface area (Å²) in [5, 5.41) is 3.68. The van der Waals surface area contributed by atoms with Gasteiger partial charge in [0.15, 0.2) is 9.84 Å². The third kappa shape index (κ3) is 3.37. The highest BCUT2D eigenvalue weighted by molar-refractivity contribution is 7.91. The average molecular weight is 290 g/mol. The molecule has 18 heavy (non-hydrogen) atoms. The summed E-state index contributed by atoms with van der Waals surface area (Å²) in [6.07, 6.45) is 0.316. The van der Waals surface area contributed by atoms with E-state index in [1.54, 1.807) is 12.1 Å². The summed E-state index contributed by atoms with van der Waals surface area (Å²) in [6.45, 7) is 0.634. The maximum absolute atomic E-state index is 11.4. The van der Waals surface area contributed by atoms with Crippen molar-refractivity contribution >= 4 is 21.4 Å². The summed E-state index contributed by atoms with van der Waals surface area (Å²) in [5.74, 6) is 1.03. The minimum Gasteiger partial charge on any atom is -0.489 e. The van der Waals surface area contributed by atoms with Crippen molar-refractivity contribution in [3.63, 3.8) is 0 Å². The molecule has 0 aromatic heterocycles. The number of benzene rings is 1. The first-order valence-corrected chi connectivity index (χ1v) is 8.00. The molecule has 0 spiro atoms. The predicted octanol–water partition coefficient (Wildman–Crippen LogP) is 1.63. The zero-order valence-electron chi connectivity index (χ0n) is 10.1. The van der Waals surface area contributed by atoms with Gasteiger partial charge >= 0.3 is 0 Å². The normalized spacial score (nSPS) is 22.0. The zero-order chi connectivity index (χ0) is 13.2. The Morgan fingerprint density at radius 3 is 2.89 bits per heavy atom. The van der Waals surface area contributed by atoms with Gasteiger partial charge in [0.2, 0.25) is 0 Å². The fourth-order valence-corrected chi connectivity index (χ4v) is 3.81. The number of ether oxygens (including phenoxy) is 1. The second-order valence-corrected chi connectivity index (χ2v) is 7.09. The fourth-order valence-electron chi connectivity index (χ4n) is 2.02. The lowest BCUT2D eigenvalue weighted by atomic mass is 10.2. The van der Waals surface area contributed by atoms with Gasteiger partial charge in [0, 0.05) is 17.1 Å². The third-order valence-corrected chi connectivity index (χ3v) is 4.85. The summed E-state index contributed by atoms with van der Waals surface area (Å²) in [7, 11) is -1.08. The minimum absolute atomic E-state index is 0.106. The molecule has 0 aliphatic carbocycles. The molecule has 0 amide bonds. The van der Waals surface area contributed by atoms with E-state index in [4.69, 9.17) is 16.3 Å². The smallest absolute Gasteiger partial charge is 0.154 e. The molecular formula is C12H16ClNO3S. The molecule has 1 saturated heterocycles. The lowest BCUT2D eigenvalue weighted by Gasteiger charge is -2.16. The van der Waals surface area contributed by atoms with Gasteiger partial charge in [-0.1, -0.05) is 11.6 Å². The quantitative estimate of drug-likeness (QED) is 0.915. The van der Waals surface area contributed by atoms with Gasteiger partial charge < -0.3 is 10.1 Å². The lowest BCUT2D eigenvalue weighted by molar-refractivity contribution is 0.226. The monoisotopic (exact) mass is 289 g/mol. The van der Waals surface area contributed by atoms with Gasteiger partial charge in [-0.3, -0.25) is 0 Å². The zero-order valence-corrected chi connectivity index (χ0v) is 11.7. The van der Waals surface area contributed by atoms with Crippen molar-refractivity contribution in [3.05, 3.63) is 28.8 Å². The second kappa shape index (κ2) is 5.47. The minimum atomic E-state index is -2.92. The Morgan fingerprint density at radius 2 is 2.28 bits per heavy atom. The van der Waals surface area contributed by atoms with Crippen LogP contribution >= 0.6 is 11.6 Å². The van der Waals surface area contributed by atoms with Crippen LogP contribution in [0.4, 0.5) is 0 Å². The molecule has 4 nitrogen and oxygen atoms in total. The number of sulfone groups is 1. The predicted molar refractivity (Wildman–Crippen MR) is 71.9 cm³/mol. The molecule has 2 rings (SSSR count). The maximum atomic E-state index is 11.4. The highest BCUT2D eigenvalue weighted by atomic mass is 35.5. The Hall–Kier alpha value is -0.780. The van der Waals surface area contributed by atoms with Crippen molar-refractivity contribution in [3.8, 4) is 5.75 Å². The number of hydrogen-bond donors (Lipinski definition) is 1. The van der Waals surface area contributed by atoms with Gasteiger partial charge in [-0.15, -0.1) is 0 Å². The van der Waals surface area contributed by atoms with Gasteiger partial charge in [0.05, 0.1) is 11.5 Å². The summed E-state index contributed by atoms with van der Waals surface area (Å²) in [6, 6.07) is 5.37. The Labute approximate surface area is 112 Å². The largest absolute Gasteiger partial charge is 0.489 e. The number of nitrogens with one attached hydrogen (secondary N) is 1. The second-order valence-electron chi connectivity index (χ2n) is 4.43. The van der Waals surface area contributed by atoms with E-state index in [9.17, 15) is 8.42 Å². The van der Waals surface area contributed by atoms with Crippen LogP contribution in [-0.2, 0) is 16.4 Å². The van der Waals surface area contributed by atoms with Gasteiger partial charge in [-0.05, 0) is 31.7 Å². The van der Waals surface area contributed by atoms with Crippen LogP contribution in [0.15, 0.2) is 18.2 Å².